The Balaban J connectivity index is 1.72. The third kappa shape index (κ3) is 3.47. The van der Waals surface area contributed by atoms with Crippen molar-refractivity contribution in [3.63, 3.8) is 0 Å². The molecule has 0 unspecified atom stereocenters. The van der Waals surface area contributed by atoms with Crippen LogP contribution in [0.5, 0.6) is 0 Å². The zero-order valence-electron chi connectivity index (χ0n) is 14.9. The topological polar surface area (TPSA) is 86.2 Å². The van der Waals surface area contributed by atoms with Crippen LogP contribution < -0.4 is 5.56 Å². The number of nitrogens with one attached hydrogen (secondary N) is 1. The molecule has 1 N–H and O–H groups in total. The van der Waals surface area contributed by atoms with E-state index in [0.29, 0.717) is 31.6 Å². The molecule has 6 nitrogen and oxygen atoms in total. The molecular formula is C19H25N3O3. The number of carbonyl (C=O) groups excluding carboxylic acids is 1. The number of pyridine rings is 1. The molecule has 0 spiro atoms. The highest BCUT2D eigenvalue weighted by Gasteiger charge is 2.36. The third-order valence-electron chi connectivity index (χ3n) is 5.56. The lowest BCUT2D eigenvalue weighted by molar-refractivity contribution is -0.149. The van der Waals surface area contributed by atoms with Gasteiger partial charge in [-0.3, -0.25) is 9.59 Å². The minimum Gasteiger partial charge on any atom is -0.374 e. The number of nitrogens with zero attached hydrogens (tertiary/aromatic N) is 2. The van der Waals surface area contributed by atoms with Gasteiger partial charge < -0.3 is 14.6 Å². The maximum atomic E-state index is 12.8. The van der Waals surface area contributed by atoms with Crippen molar-refractivity contribution >= 4 is 5.91 Å². The van der Waals surface area contributed by atoms with E-state index in [0.717, 1.165) is 30.5 Å². The molecule has 0 radical (unpaired) electrons. The molecule has 3 rings (SSSR count). The summed E-state index contributed by atoms with van der Waals surface area (Å²) in [7, 11) is 0. The standard InChI is InChI=1S/C19H25N3O3/c1-12-14(13(2)21-19(24)15(12)11-20)7-8-18(23)22-9-10-25-17-6-4-3-5-16(17)22/h16-17H,3-10H2,1-2H3,(H,21,24)/t16-,17+/m1/s1. The third-order valence-corrected chi connectivity index (χ3v) is 5.56. The number of aromatic amines is 1. The van der Waals surface area contributed by atoms with Crippen LogP contribution in [-0.2, 0) is 16.0 Å². The van der Waals surface area contributed by atoms with Crippen molar-refractivity contribution in [1.82, 2.24) is 9.88 Å². The molecular weight excluding hydrogens is 318 g/mol. The van der Waals surface area contributed by atoms with Crippen LogP contribution in [-0.4, -0.2) is 41.1 Å². The quantitative estimate of drug-likeness (QED) is 0.909. The van der Waals surface area contributed by atoms with E-state index in [4.69, 9.17) is 10.00 Å². The number of amides is 1. The van der Waals surface area contributed by atoms with Gasteiger partial charge in [0.05, 0.1) is 18.8 Å². The molecule has 2 aliphatic rings. The van der Waals surface area contributed by atoms with Crippen molar-refractivity contribution in [3.8, 4) is 6.07 Å². The number of rotatable bonds is 3. The van der Waals surface area contributed by atoms with Crippen LogP contribution in [0.15, 0.2) is 4.79 Å². The van der Waals surface area contributed by atoms with Crippen molar-refractivity contribution in [2.75, 3.05) is 13.2 Å². The van der Waals surface area contributed by atoms with Gasteiger partial charge in [-0.05, 0) is 44.2 Å². The SMILES string of the molecule is Cc1[nH]c(=O)c(C#N)c(C)c1CCC(=O)N1CCO[C@H]2CCCC[C@H]21. The number of fused-ring (bicyclic) bond motifs is 1. The number of aromatic nitrogens is 1. The summed E-state index contributed by atoms with van der Waals surface area (Å²) in [6.07, 6.45) is 5.50. The number of hydrogen-bond donors (Lipinski definition) is 1. The predicted molar refractivity (Wildman–Crippen MR) is 93.3 cm³/mol. The Labute approximate surface area is 147 Å². The fraction of sp³-hybridized carbons (Fsp3) is 0.632. The lowest BCUT2D eigenvalue weighted by Gasteiger charge is -2.43. The van der Waals surface area contributed by atoms with E-state index in [2.05, 4.69) is 4.98 Å². The molecule has 0 bridgehead atoms. The monoisotopic (exact) mass is 343 g/mol. The van der Waals surface area contributed by atoms with Crippen LogP contribution in [0.2, 0.25) is 0 Å². The van der Waals surface area contributed by atoms with Crippen LogP contribution >= 0.6 is 0 Å². The first-order valence-corrected chi connectivity index (χ1v) is 9.06. The first kappa shape index (κ1) is 17.7. The Bertz CT molecular complexity index is 760. The molecule has 2 heterocycles. The summed E-state index contributed by atoms with van der Waals surface area (Å²) in [5.41, 5.74) is 2.12. The highest BCUT2D eigenvalue weighted by atomic mass is 16.5. The normalized spacial score (nSPS) is 23.0. The molecule has 1 amide bonds. The van der Waals surface area contributed by atoms with Gasteiger partial charge in [0.2, 0.25) is 5.91 Å². The molecule has 1 aliphatic heterocycles. The Morgan fingerprint density at radius 1 is 1.36 bits per heavy atom. The van der Waals surface area contributed by atoms with Gasteiger partial charge in [0, 0.05) is 18.7 Å². The molecule has 1 aliphatic carbocycles. The second-order valence-corrected chi connectivity index (χ2v) is 7.02. The van der Waals surface area contributed by atoms with Crippen LogP contribution in [0.3, 0.4) is 0 Å². The van der Waals surface area contributed by atoms with E-state index < -0.39 is 0 Å². The highest BCUT2D eigenvalue weighted by Crippen LogP contribution is 2.29. The molecule has 2 atom stereocenters. The van der Waals surface area contributed by atoms with Gasteiger partial charge in [-0.25, -0.2) is 0 Å². The van der Waals surface area contributed by atoms with Gasteiger partial charge in [-0.1, -0.05) is 12.8 Å². The summed E-state index contributed by atoms with van der Waals surface area (Å²) in [5.74, 6) is 0.142. The average Bonchev–Trinajstić information content (AvgIpc) is 2.61. The van der Waals surface area contributed by atoms with Crippen molar-refractivity contribution in [2.45, 2.75) is 64.5 Å². The van der Waals surface area contributed by atoms with Gasteiger partial charge in [-0.15, -0.1) is 0 Å². The Kier molecular flexibility index (Phi) is 5.24. The maximum Gasteiger partial charge on any atom is 0.266 e. The highest BCUT2D eigenvalue weighted by molar-refractivity contribution is 5.77. The maximum absolute atomic E-state index is 12.8. The van der Waals surface area contributed by atoms with Crippen molar-refractivity contribution in [2.24, 2.45) is 0 Å². The first-order chi connectivity index (χ1) is 12.0. The second kappa shape index (κ2) is 7.40. The summed E-state index contributed by atoms with van der Waals surface area (Å²) in [4.78, 5) is 29.3. The predicted octanol–water partition coefficient (Wildman–Crippen LogP) is 1.97. The second-order valence-electron chi connectivity index (χ2n) is 7.02. The van der Waals surface area contributed by atoms with Crippen LogP contribution in [0.25, 0.3) is 0 Å². The molecule has 134 valence electrons. The van der Waals surface area contributed by atoms with Crippen LogP contribution in [0.1, 0.15) is 54.5 Å². The van der Waals surface area contributed by atoms with E-state index in [9.17, 15) is 9.59 Å². The minimum atomic E-state index is -0.356. The summed E-state index contributed by atoms with van der Waals surface area (Å²) in [6, 6.07) is 2.17. The smallest absolute Gasteiger partial charge is 0.266 e. The minimum absolute atomic E-state index is 0.142. The van der Waals surface area contributed by atoms with E-state index in [1.165, 1.54) is 6.42 Å². The van der Waals surface area contributed by atoms with E-state index in [1.807, 2.05) is 17.9 Å². The number of carbonyl (C=O) groups is 1. The molecule has 2 fully saturated rings. The lowest BCUT2D eigenvalue weighted by Crippen LogP contribution is -2.54. The summed E-state index contributed by atoms with van der Waals surface area (Å²) in [6.45, 7) is 4.88. The molecule has 1 saturated carbocycles. The number of hydrogen-bond acceptors (Lipinski definition) is 4. The van der Waals surface area contributed by atoms with Gasteiger partial charge in [0.1, 0.15) is 11.6 Å². The molecule has 1 saturated heterocycles. The molecule has 25 heavy (non-hydrogen) atoms. The van der Waals surface area contributed by atoms with Crippen molar-refractivity contribution in [1.29, 1.82) is 5.26 Å². The Morgan fingerprint density at radius 2 is 2.12 bits per heavy atom. The van der Waals surface area contributed by atoms with Crippen molar-refractivity contribution in [3.05, 3.63) is 32.7 Å². The van der Waals surface area contributed by atoms with Crippen molar-refractivity contribution < 1.29 is 9.53 Å². The average molecular weight is 343 g/mol. The zero-order chi connectivity index (χ0) is 18.0. The number of ether oxygens (including phenoxy) is 1. The van der Waals surface area contributed by atoms with E-state index >= 15 is 0 Å². The summed E-state index contributed by atoms with van der Waals surface area (Å²) < 4.78 is 5.84. The molecule has 0 aromatic carbocycles. The molecule has 6 heteroatoms. The summed E-state index contributed by atoms with van der Waals surface area (Å²) in [5, 5.41) is 9.17. The Morgan fingerprint density at radius 3 is 2.88 bits per heavy atom. The van der Waals surface area contributed by atoms with Gasteiger partial charge >= 0.3 is 0 Å². The van der Waals surface area contributed by atoms with Gasteiger partial charge in [0.15, 0.2) is 0 Å². The largest absolute Gasteiger partial charge is 0.374 e. The van der Waals surface area contributed by atoms with Crippen LogP contribution in [0, 0.1) is 25.2 Å². The van der Waals surface area contributed by atoms with Crippen LogP contribution in [0.4, 0.5) is 0 Å². The molecule has 1 aromatic heterocycles. The fourth-order valence-corrected chi connectivity index (χ4v) is 4.20. The lowest BCUT2D eigenvalue weighted by atomic mass is 9.89. The number of nitriles is 1. The van der Waals surface area contributed by atoms with Gasteiger partial charge in [-0.2, -0.15) is 5.26 Å². The zero-order valence-corrected chi connectivity index (χ0v) is 14.9. The number of H-pyrrole nitrogens is 1. The summed E-state index contributed by atoms with van der Waals surface area (Å²) >= 11 is 0. The number of morpholine rings is 1. The Hall–Kier alpha value is -2.13. The van der Waals surface area contributed by atoms with E-state index in [-0.39, 0.29) is 29.2 Å². The van der Waals surface area contributed by atoms with Gasteiger partial charge in [0.25, 0.3) is 5.56 Å². The fourth-order valence-electron chi connectivity index (χ4n) is 4.20. The first-order valence-electron chi connectivity index (χ1n) is 9.06. The van der Waals surface area contributed by atoms with E-state index in [1.54, 1.807) is 6.92 Å². The number of aryl methyl sites for hydroxylation is 1. The molecule has 1 aromatic rings.